The molecule has 146 valence electrons. The highest BCUT2D eigenvalue weighted by Crippen LogP contribution is 2.25. The van der Waals surface area contributed by atoms with Gasteiger partial charge in [0.2, 0.25) is 0 Å². The molecule has 0 aliphatic heterocycles. The third-order valence-corrected chi connectivity index (χ3v) is 4.47. The van der Waals surface area contributed by atoms with E-state index in [0.29, 0.717) is 28.1 Å². The second kappa shape index (κ2) is 11.4. The van der Waals surface area contributed by atoms with Gasteiger partial charge in [0.15, 0.2) is 5.96 Å². The maximum atomic E-state index is 11.6. The Bertz CT molecular complexity index is 797. The van der Waals surface area contributed by atoms with Crippen molar-refractivity contribution in [3.63, 3.8) is 0 Å². The van der Waals surface area contributed by atoms with Crippen LogP contribution in [0.3, 0.4) is 0 Å². The highest BCUT2D eigenvalue weighted by Gasteiger charge is 2.12. The summed E-state index contributed by atoms with van der Waals surface area (Å²) in [5.41, 5.74) is 2.61. The molecule has 1 atom stereocenters. The lowest BCUT2D eigenvalue weighted by molar-refractivity contribution is 0.0963. The van der Waals surface area contributed by atoms with Crippen molar-refractivity contribution >= 4 is 59.0 Å². The summed E-state index contributed by atoms with van der Waals surface area (Å²) in [5, 5.41) is 10.4. The molecule has 0 bridgehead atoms. The van der Waals surface area contributed by atoms with Crippen molar-refractivity contribution in [2.75, 3.05) is 14.1 Å². The Morgan fingerprint density at radius 1 is 1.15 bits per heavy atom. The van der Waals surface area contributed by atoms with Crippen molar-refractivity contribution in [2.45, 2.75) is 19.5 Å². The summed E-state index contributed by atoms with van der Waals surface area (Å²) in [7, 11) is 3.32. The van der Waals surface area contributed by atoms with Crippen LogP contribution in [-0.4, -0.2) is 26.0 Å². The second-order valence-electron chi connectivity index (χ2n) is 5.73. The van der Waals surface area contributed by atoms with Gasteiger partial charge in [-0.15, -0.1) is 24.0 Å². The number of amides is 1. The fraction of sp³-hybridized carbons (Fsp3) is 0.263. The lowest BCUT2D eigenvalue weighted by Crippen LogP contribution is -2.38. The van der Waals surface area contributed by atoms with Gasteiger partial charge in [-0.05, 0) is 42.3 Å². The molecule has 0 saturated carbocycles. The molecule has 2 aromatic carbocycles. The van der Waals surface area contributed by atoms with Gasteiger partial charge < -0.3 is 16.0 Å². The van der Waals surface area contributed by atoms with Gasteiger partial charge in [0.1, 0.15) is 0 Å². The van der Waals surface area contributed by atoms with Crippen molar-refractivity contribution in [1.29, 1.82) is 0 Å². The number of rotatable bonds is 5. The first kappa shape index (κ1) is 23.5. The lowest BCUT2D eigenvalue weighted by Gasteiger charge is -2.19. The van der Waals surface area contributed by atoms with E-state index >= 15 is 0 Å². The summed E-state index contributed by atoms with van der Waals surface area (Å²) in [4.78, 5) is 15.8. The monoisotopic (exact) mass is 520 g/mol. The number of guanidine groups is 1. The number of hydrogen-bond donors (Lipinski definition) is 3. The van der Waals surface area contributed by atoms with Gasteiger partial charge in [-0.1, -0.05) is 41.4 Å². The zero-order chi connectivity index (χ0) is 19.1. The molecule has 1 unspecified atom stereocenters. The summed E-state index contributed by atoms with van der Waals surface area (Å²) >= 11 is 12.2. The van der Waals surface area contributed by atoms with E-state index in [4.69, 9.17) is 23.2 Å². The van der Waals surface area contributed by atoms with Crippen molar-refractivity contribution in [2.24, 2.45) is 4.99 Å². The van der Waals surface area contributed by atoms with Crippen LogP contribution < -0.4 is 16.0 Å². The molecule has 0 spiro atoms. The van der Waals surface area contributed by atoms with Crippen LogP contribution in [0.15, 0.2) is 47.5 Å². The first-order valence-electron chi connectivity index (χ1n) is 8.17. The van der Waals surface area contributed by atoms with E-state index in [1.54, 1.807) is 32.3 Å². The normalized spacial score (nSPS) is 12.0. The Kier molecular flexibility index (Phi) is 9.90. The highest BCUT2D eigenvalue weighted by atomic mass is 127. The molecule has 0 aromatic heterocycles. The van der Waals surface area contributed by atoms with Gasteiger partial charge in [0.25, 0.3) is 5.91 Å². The van der Waals surface area contributed by atoms with Crippen molar-refractivity contribution in [3.8, 4) is 0 Å². The maximum Gasteiger partial charge on any atom is 0.251 e. The van der Waals surface area contributed by atoms with Crippen LogP contribution in [0.4, 0.5) is 0 Å². The molecule has 27 heavy (non-hydrogen) atoms. The number of nitrogens with zero attached hydrogens (tertiary/aromatic N) is 1. The average molecular weight is 521 g/mol. The molecule has 1 amide bonds. The predicted molar refractivity (Wildman–Crippen MR) is 123 cm³/mol. The minimum Gasteiger partial charge on any atom is -0.355 e. The molecule has 8 heteroatoms. The van der Waals surface area contributed by atoms with Crippen LogP contribution in [0, 0.1) is 0 Å². The van der Waals surface area contributed by atoms with Gasteiger partial charge in [-0.25, -0.2) is 0 Å². The first-order chi connectivity index (χ1) is 12.4. The molecule has 3 N–H and O–H groups in total. The van der Waals surface area contributed by atoms with Crippen LogP contribution in [0.5, 0.6) is 0 Å². The molecule has 0 radical (unpaired) electrons. The number of aliphatic imine (C=N–C) groups is 1. The number of halogens is 3. The Balaban J connectivity index is 0.00000364. The highest BCUT2D eigenvalue weighted by molar-refractivity contribution is 14.0. The Morgan fingerprint density at radius 2 is 1.81 bits per heavy atom. The number of benzene rings is 2. The Morgan fingerprint density at radius 3 is 2.37 bits per heavy atom. The lowest BCUT2D eigenvalue weighted by atomic mass is 10.1. The Hall–Kier alpha value is -1.51. The van der Waals surface area contributed by atoms with Gasteiger partial charge in [0, 0.05) is 36.2 Å². The molecule has 2 aromatic rings. The number of carbonyl (C=O) groups excluding carboxylic acids is 1. The molecule has 2 rings (SSSR count). The second-order valence-corrected chi connectivity index (χ2v) is 6.58. The fourth-order valence-electron chi connectivity index (χ4n) is 2.43. The Labute approximate surface area is 186 Å². The molecule has 0 aliphatic rings. The minimum absolute atomic E-state index is 0. The van der Waals surface area contributed by atoms with E-state index in [1.165, 1.54) is 0 Å². The van der Waals surface area contributed by atoms with Crippen molar-refractivity contribution in [1.82, 2.24) is 16.0 Å². The number of nitrogens with one attached hydrogen (secondary N) is 3. The molecule has 0 fully saturated rings. The van der Waals surface area contributed by atoms with Gasteiger partial charge in [-0.3, -0.25) is 9.79 Å². The summed E-state index contributed by atoms with van der Waals surface area (Å²) in [5.74, 6) is 0.551. The summed E-state index contributed by atoms with van der Waals surface area (Å²) in [6.45, 7) is 2.58. The smallest absolute Gasteiger partial charge is 0.251 e. The van der Waals surface area contributed by atoms with Gasteiger partial charge >= 0.3 is 0 Å². The van der Waals surface area contributed by atoms with Gasteiger partial charge in [-0.2, -0.15) is 0 Å². The quantitative estimate of drug-likeness (QED) is 0.311. The zero-order valence-electron chi connectivity index (χ0n) is 15.3. The molecule has 0 aliphatic carbocycles. The van der Waals surface area contributed by atoms with E-state index in [-0.39, 0.29) is 35.9 Å². The van der Waals surface area contributed by atoms with E-state index in [9.17, 15) is 4.79 Å². The summed E-state index contributed by atoms with van der Waals surface area (Å²) in [6.07, 6.45) is 0. The predicted octanol–water partition coefficient (Wildman–Crippen LogP) is 4.40. The van der Waals surface area contributed by atoms with Crippen molar-refractivity contribution in [3.05, 3.63) is 69.2 Å². The molecule has 0 heterocycles. The SMILES string of the molecule is CN=C(NCc1ccc(C(=O)NC)cc1)NC(C)c1ccc(Cl)cc1Cl.I. The van der Waals surface area contributed by atoms with E-state index in [0.717, 1.165) is 11.1 Å². The summed E-state index contributed by atoms with van der Waals surface area (Å²) < 4.78 is 0. The molecular formula is C19H23Cl2IN4O. The molecular weight excluding hydrogens is 498 g/mol. The third-order valence-electron chi connectivity index (χ3n) is 3.91. The van der Waals surface area contributed by atoms with Crippen LogP contribution in [0.2, 0.25) is 10.0 Å². The summed E-state index contributed by atoms with van der Waals surface area (Å²) in [6, 6.07) is 12.8. The molecule has 5 nitrogen and oxygen atoms in total. The third kappa shape index (κ3) is 6.86. The number of carbonyl (C=O) groups is 1. The van der Waals surface area contributed by atoms with E-state index < -0.39 is 0 Å². The largest absolute Gasteiger partial charge is 0.355 e. The van der Waals surface area contributed by atoms with Crippen LogP contribution in [0.25, 0.3) is 0 Å². The zero-order valence-corrected chi connectivity index (χ0v) is 19.2. The van der Waals surface area contributed by atoms with E-state index in [2.05, 4.69) is 20.9 Å². The minimum atomic E-state index is -0.101. The van der Waals surface area contributed by atoms with E-state index in [1.807, 2.05) is 31.2 Å². The first-order valence-corrected chi connectivity index (χ1v) is 8.93. The van der Waals surface area contributed by atoms with Crippen LogP contribution >= 0.6 is 47.2 Å². The molecule has 0 saturated heterocycles. The fourth-order valence-corrected chi connectivity index (χ4v) is 3.01. The van der Waals surface area contributed by atoms with Crippen molar-refractivity contribution < 1.29 is 4.79 Å². The number of hydrogen-bond acceptors (Lipinski definition) is 2. The standard InChI is InChI=1S/C19H22Cl2N4O.HI/c1-12(16-9-8-15(20)10-17(16)21)25-19(23-3)24-11-13-4-6-14(7-5-13)18(26)22-2;/h4-10,12H,11H2,1-3H3,(H,22,26)(H2,23,24,25);1H. The van der Waals surface area contributed by atoms with Gasteiger partial charge in [0.05, 0.1) is 6.04 Å². The van der Waals surface area contributed by atoms with Crippen LogP contribution in [0.1, 0.15) is 34.5 Å². The van der Waals surface area contributed by atoms with Crippen LogP contribution in [-0.2, 0) is 6.54 Å². The maximum absolute atomic E-state index is 11.6. The average Bonchev–Trinajstić information content (AvgIpc) is 2.64. The topological polar surface area (TPSA) is 65.5 Å².